The third kappa shape index (κ3) is 4.13. The Bertz CT molecular complexity index is 1300. The van der Waals surface area contributed by atoms with E-state index in [-0.39, 0.29) is 5.82 Å². The van der Waals surface area contributed by atoms with Crippen LogP contribution in [0.1, 0.15) is 22.1 Å². The van der Waals surface area contributed by atoms with E-state index in [1.54, 1.807) is 36.5 Å². The molecule has 0 unspecified atom stereocenters. The summed E-state index contributed by atoms with van der Waals surface area (Å²) in [5.74, 6) is -0.364. The number of hydrogen-bond donors (Lipinski definition) is 4. The Morgan fingerprint density at radius 1 is 0.912 bits per heavy atom. The average molecular weight is 482 g/mol. The first-order chi connectivity index (χ1) is 16.5. The summed E-state index contributed by atoms with van der Waals surface area (Å²) in [5.41, 5.74) is 1.75. The molecule has 176 valence electrons. The first kappa shape index (κ1) is 23.0. The molecule has 3 heterocycles. The van der Waals surface area contributed by atoms with Crippen molar-refractivity contribution in [2.45, 2.75) is 36.9 Å². The number of aliphatic hydroxyl groups is 4. The molecular formula is C26H24FNO5S. The highest BCUT2D eigenvalue weighted by Crippen LogP contribution is 2.39. The Hall–Kier alpha value is -2.72. The van der Waals surface area contributed by atoms with E-state index in [0.717, 1.165) is 15.4 Å². The fourth-order valence-corrected chi connectivity index (χ4v) is 5.47. The number of pyridine rings is 1. The zero-order valence-corrected chi connectivity index (χ0v) is 18.9. The molecule has 0 aliphatic carbocycles. The topological polar surface area (TPSA) is 103 Å². The van der Waals surface area contributed by atoms with Gasteiger partial charge in [0.1, 0.15) is 36.3 Å². The average Bonchev–Trinajstić information content (AvgIpc) is 3.34. The van der Waals surface area contributed by atoms with Crippen LogP contribution in [0.3, 0.4) is 0 Å². The highest BCUT2D eigenvalue weighted by Gasteiger charge is 2.44. The van der Waals surface area contributed by atoms with Crippen molar-refractivity contribution in [3.05, 3.63) is 88.7 Å². The summed E-state index contributed by atoms with van der Waals surface area (Å²) < 4.78 is 21.4. The van der Waals surface area contributed by atoms with E-state index >= 15 is 4.39 Å². The zero-order chi connectivity index (χ0) is 23.8. The van der Waals surface area contributed by atoms with Gasteiger partial charge >= 0.3 is 0 Å². The van der Waals surface area contributed by atoms with E-state index in [2.05, 4.69) is 4.98 Å². The molecule has 4 N–H and O–H groups in total. The van der Waals surface area contributed by atoms with Gasteiger partial charge in [0.25, 0.3) is 0 Å². The predicted octanol–water partition coefficient (Wildman–Crippen LogP) is 3.21. The highest BCUT2D eigenvalue weighted by molar-refractivity contribution is 7.15. The normalized spacial score (nSPS) is 25.0. The van der Waals surface area contributed by atoms with E-state index in [9.17, 15) is 20.4 Å². The van der Waals surface area contributed by atoms with Gasteiger partial charge in [-0.15, -0.1) is 11.3 Å². The van der Waals surface area contributed by atoms with Crippen molar-refractivity contribution in [3.63, 3.8) is 0 Å². The van der Waals surface area contributed by atoms with Crippen molar-refractivity contribution in [3.8, 4) is 10.6 Å². The number of aliphatic hydroxyl groups excluding tert-OH is 4. The summed E-state index contributed by atoms with van der Waals surface area (Å²) in [6.45, 7) is -0.529. The molecular weight excluding hydrogens is 457 g/mol. The van der Waals surface area contributed by atoms with Crippen LogP contribution >= 0.6 is 11.3 Å². The third-order valence-corrected chi connectivity index (χ3v) is 7.34. The standard InChI is InChI=1S/C26H24FNO5S/c27-22-14(11-15-8-9-21(34-15)19-7-3-4-10-28-19)12-18(16-5-1-2-6-17(16)22)26-25(32)24(31)23(30)20(13-29)33-26/h1-10,12,20,23-26,29-32H,11,13H2/t20-,23-,24+,25-,26+/m1/s1. The van der Waals surface area contributed by atoms with Crippen LogP contribution in [0.4, 0.5) is 4.39 Å². The van der Waals surface area contributed by atoms with Crippen molar-refractivity contribution >= 4 is 22.1 Å². The van der Waals surface area contributed by atoms with Gasteiger partial charge in [0, 0.05) is 22.9 Å². The molecule has 0 amide bonds. The van der Waals surface area contributed by atoms with Crippen LogP contribution in [0.5, 0.6) is 0 Å². The van der Waals surface area contributed by atoms with Gasteiger partial charge in [0.15, 0.2) is 0 Å². The number of benzene rings is 2. The van der Waals surface area contributed by atoms with Crippen LogP contribution in [0.15, 0.2) is 66.9 Å². The smallest absolute Gasteiger partial charge is 0.134 e. The number of hydrogen-bond acceptors (Lipinski definition) is 7. The molecule has 8 heteroatoms. The summed E-state index contributed by atoms with van der Waals surface area (Å²) in [7, 11) is 0. The zero-order valence-electron chi connectivity index (χ0n) is 18.1. The lowest BCUT2D eigenvalue weighted by atomic mass is 9.87. The summed E-state index contributed by atoms with van der Waals surface area (Å²) in [4.78, 5) is 6.28. The summed E-state index contributed by atoms with van der Waals surface area (Å²) in [6.07, 6.45) is -4.47. The molecule has 4 aromatic rings. The second-order valence-electron chi connectivity index (χ2n) is 8.39. The SMILES string of the molecule is OC[C@H]1O[C@@H](c2cc(Cc3ccc(-c4ccccn4)s3)c(F)c3ccccc23)[C@H](O)[C@@H](O)[C@@H]1O. The van der Waals surface area contributed by atoms with Gasteiger partial charge in [-0.1, -0.05) is 30.3 Å². The Balaban J connectivity index is 1.56. The van der Waals surface area contributed by atoms with E-state index in [1.165, 1.54) is 11.3 Å². The number of rotatable bonds is 5. The monoisotopic (exact) mass is 481 g/mol. The van der Waals surface area contributed by atoms with Crippen molar-refractivity contribution < 1.29 is 29.6 Å². The summed E-state index contributed by atoms with van der Waals surface area (Å²) in [5, 5.41) is 41.7. The van der Waals surface area contributed by atoms with Crippen molar-refractivity contribution in [1.82, 2.24) is 4.98 Å². The minimum Gasteiger partial charge on any atom is -0.394 e. The molecule has 34 heavy (non-hydrogen) atoms. The second kappa shape index (κ2) is 9.50. The molecule has 0 bridgehead atoms. The first-order valence-corrected chi connectivity index (χ1v) is 11.8. The lowest BCUT2D eigenvalue weighted by Crippen LogP contribution is -2.55. The van der Waals surface area contributed by atoms with Gasteiger partial charge in [-0.25, -0.2) is 4.39 Å². The largest absolute Gasteiger partial charge is 0.394 e. The van der Waals surface area contributed by atoms with Crippen LogP contribution in [0.25, 0.3) is 21.3 Å². The number of ether oxygens (including phenoxy) is 1. The van der Waals surface area contributed by atoms with E-state index in [4.69, 9.17) is 4.74 Å². The van der Waals surface area contributed by atoms with Crippen LogP contribution in [0, 0.1) is 5.82 Å². The fraction of sp³-hybridized carbons (Fsp3) is 0.269. The van der Waals surface area contributed by atoms with E-state index in [1.807, 2.05) is 30.3 Å². The van der Waals surface area contributed by atoms with Crippen LogP contribution in [-0.4, -0.2) is 56.4 Å². The Morgan fingerprint density at radius 3 is 2.41 bits per heavy atom. The number of thiophene rings is 1. The number of fused-ring (bicyclic) bond motifs is 1. The quantitative estimate of drug-likeness (QED) is 0.349. The maximum Gasteiger partial charge on any atom is 0.134 e. The molecule has 1 aliphatic heterocycles. The van der Waals surface area contributed by atoms with Gasteiger partial charge < -0.3 is 25.2 Å². The molecule has 1 fully saturated rings. The minimum absolute atomic E-state index is 0.318. The molecule has 1 aliphatic rings. The minimum atomic E-state index is -1.51. The summed E-state index contributed by atoms with van der Waals surface area (Å²) in [6, 6.07) is 18.1. The van der Waals surface area contributed by atoms with Gasteiger partial charge in [0.2, 0.25) is 0 Å². The van der Waals surface area contributed by atoms with Crippen LogP contribution < -0.4 is 0 Å². The molecule has 2 aromatic heterocycles. The molecule has 0 saturated carbocycles. The maximum absolute atomic E-state index is 15.6. The van der Waals surface area contributed by atoms with Crippen molar-refractivity contribution in [2.24, 2.45) is 0 Å². The van der Waals surface area contributed by atoms with Gasteiger partial charge in [-0.3, -0.25) is 4.98 Å². The highest BCUT2D eigenvalue weighted by atomic mass is 32.1. The van der Waals surface area contributed by atoms with E-state index < -0.39 is 37.1 Å². The maximum atomic E-state index is 15.6. The van der Waals surface area contributed by atoms with Crippen LogP contribution in [-0.2, 0) is 11.2 Å². The van der Waals surface area contributed by atoms with Crippen molar-refractivity contribution in [2.75, 3.05) is 6.61 Å². The number of halogens is 1. The molecule has 2 aromatic carbocycles. The molecule has 5 atom stereocenters. The third-order valence-electron chi connectivity index (χ3n) is 6.23. The van der Waals surface area contributed by atoms with Crippen LogP contribution in [0.2, 0.25) is 0 Å². The van der Waals surface area contributed by atoms with E-state index in [0.29, 0.717) is 28.3 Å². The Labute approximate surface area is 199 Å². The second-order valence-corrected chi connectivity index (χ2v) is 9.56. The number of nitrogens with zero attached hydrogens (tertiary/aromatic N) is 1. The first-order valence-electron chi connectivity index (χ1n) is 11.0. The lowest BCUT2D eigenvalue weighted by molar-refractivity contribution is -0.231. The molecule has 6 nitrogen and oxygen atoms in total. The van der Waals surface area contributed by atoms with Gasteiger partial charge in [-0.2, -0.15) is 0 Å². The fourth-order valence-electron chi connectivity index (χ4n) is 4.46. The predicted molar refractivity (Wildman–Crippen MR) is 127 cm³/mol. The summed E-state index contributed by atoms with van der Waals surface area (Å²) >= 11 is 1.53. The molecule has 0 spiro atoms. The molecule has 0 radical (unpaired) electrons. The number of aromatic nitrogens is 1. The van der Waals surface area contributed by atoms with Crippen molar-refractivity contribution in [1.29, 1.82) is 0 Å². The Kier molecular flexibility index (Phi) is 6.44. The molecule has 1 saturated heterocycles. The lowest BCUT2D eigenvalue weighted by Gasteiger charge is -2.40. The molecule has 5 rings (SSSR count). The Morgan fingerprint density at radius 2 is 1.68 bits per heavy atom. The van der Waals surface area contributed by atoms with Gasteiger partial charge in [-0.05, 0) is 46.8 Å². The van der Waals surface area contributed by atoms with Gasteiger partial charge in [0.05, 0.1) is 17.2 Å².